The average molecular weight is 198 g/mol. The predicted octanol–water partition coefficient (Wildman–Crippen LogP) is 1.28. The number of nitrogens with two attached hydrogens (primary N) is 1. The fourth-order valence-corrected chi connectivity index (χ4v) is 1.83. The van der Waals surface area contributed by atoms with Gasteiger partial charge in [-0.05, 0) is 29.9 Å². The van der Waals surface area contributed by atoms with Crippen molar-refractivity contribution in [1.82, 2.24) is 4.98 Å². The largest absolute Gasteiger partial charge is 0.396 e. The fourth-order valence-electron chi connectivity index (χ4n) is 0.941. The molecule has 0 saturated heterocycles. The molecule has 0 bridgehead atoms. The molecule has 0 unspecified atom stereocenters. The zero-order valence-electron chi connectivity index (χ0n) is 7.44. The molecule has 1 aromatic heterocycles. The summed E-state index contributed by atoms with van der Waals surface area (Å²) in [6, 6.07) is 3.84. The fraction of sp³-hybridized carbons (Fsp3) is 0.444. The summed E-state index contributed by atoms with van der Waals surface area (Å²) in [5, 5.41) is 8.56. The van der Waals surface area contributed by atoms with Crippen molar-refractivity contribution in [2.75, 3.05) is 18.1 Å². The summed E-state index contributed by atoms with van der Waals surface area (Å²) in [5.74, 6) is 2.49. The van der Waals surface area contributed by atoms with Gasteiger partial charge in [0, 0.05) is 18.6 Å². The van der Waals surface area contributed by atoms with E-state index in [4.69, 9.17) is 10.8 Å². The molecule has 0 aromatic carbocycles. The summed E-state index contributed by atoms with van der Waals surface area (Å²) in [5.41, 5.74) is 6.72. The Kier molecular flexibility index (Phi) is 4.64. The normalized spacial score (nSPS) is 10.2. The molecule has 0 aliphatic heterocycles. The molecule has 0 saturated carbocycles. The van der Waals surface area contributed by atoms with Crippen molar-refractivity contribution in [3.05, 3.63) is 23.9 Å². The first-order chi connectivity index (χ1) is 6.33. The number of anilines is 1. The highest BCUT2D eigenvalue weighted by atomic mass is 32.2. The highest BCUT2D eigenvalue weighted by Crippen LogP contribution is 2.13. The smallest absolute Gasteiger partial charge is 0.123 e. The maximum atomic E-state index is 8.56. The second kappa shape index (κ2) is 5.83. The van der Waals surface area contributed by atoms with E-state index in [1.807, 2.05) is 12.1 Å². The highest BCUT2D eigenvalue weighted by molar-refractivity contribution is 7.98. The van der Waals surface area contributed by atoms with Crippen LogP contribution in [-0.2, 0) is 5.75 Å². The lowest BCUT2D eigenvalue weighted by Gasteiger charge is -2.01. The van der Waals surface area contributed by atoms with Crippen LogP contribution in [0.5, 0.6) is 0 Å². The maximum Gasteiger partial charge on any atom is 0.123 e. The molecule has 0 radical (unpaired) electrons. The van der Waals surface area contributed by atoms with Crippen molar-refractivity contribution in [2.45, 2.75) is 12.2 Å². The minimum Gasteiger partial charge on any atom is -0.396 e. The van der Waals surface area contributed by atoms with E-state index in [2.05, 4.69) is 4.98 Å². The SMILES string of the molecule is Nc1cc(CSCCCO)ccn1. The molecule has 0 amide bonds. The summed E-state index contributed by atoms with van der Waals surface area (Å²) in [6.45, 7) is 0.269. The molecule has 0 aliphatic rings. The van der Waals surface area contributed by atoms with Gasteiger partial charge in [-0.25, -0.2) is 4.98 Å². The van der Waals surface area contributed by atoms with Crippen LogP contribution in [0, 0.1) is 0 Å². The zero-order chi connectivity index (χ0) is 9.52. The molecule has 1 rings (SSSR count). The zero-order valence-corrected chi connectivity index (χ0v) is 8.26. The molecule has 1 aromatic rings. The Balaban J connectivity index is 2.28. The van der Waals surface area contributed by atoms with Crippen LogP contribution in [-0.4, -0.2) is 22.5 Å². The second-order valence-corrected chi connectivity index (χ2v) is 3.82. The lowest BCUT2D eigenvalue weighted by molar-refractivity contribution is 0.296. The third-order valence-electron chi connectivity index (χ3n) is 1.56. The number of hydrogen-bond acceptors (Lipinski definition) is 4. The summed E-state index contributed by atoms with van der Waals surface area (Å²) < 4.78 is 0. The first kappa shape index (κ1) is 10.3. The minimum atomic E-state index is 0.269. The Morgan fingerprint density at radius 1 is 1.54 bits per heavy atom. The number of nitrogens with zero attached hydrogens (tertiary/aromatic N) is 1. The molecule has 4 heteroatoms. The number of aliphatic hydroxyl groups excluding tert-OH is 1. The van der Waals surface area contributed by atoms with E-state index in [0.29, 0.717) is 5.82 Å². The lowest BCUT2D eigenvalue weighted by atomic mass is 10.3. The van der Waals surface area contributed by atoms with E-state index < -0.39 is 0 Å². The number of aromatic nitrogens is 1. The highest BCUT2D eigenvalue weighted by Gasteiger charge is 1.94. The Morgan fingerprint density at radius 3 is 3.08 bits per heavy atom. The van der Waals surface area contributed by atoms with Crippen LogP contribution < -0.4 is 5.73 Å². The molecule has 72 valence electrons. The number of thioether (sulfide) groups is 1. The van der Waals surface area contributed by atoms with E-state index in [0.717, 1.165) is 17.9 Å². The van der Waals surface area contributed by atoms with Gasteiger partial charge in [-0.3, -0.25) is 0 Å². The van der Waals surface area contributed by atoms with E-state index >= 15 is 0 Å². The first-order valence-corrected chi connectivity index (χ1v) is 5.37. The van der Waals surface area contributed by atoms with E-state index in [1.165, 1.54) is 5.56 Å². The minimum absolute atomic E-state index is 0.269. The Hall–Kier alpha value is -0.740. The molecular weight excluding hydrogens is 184 g/mol. The van der Waals surface area contributed by atoms with Crippen LogP contribution in [0.25, 0.3) is 0 Å². The predicted molar refractivity (Wildman–Crippen MR) is 56.5 cm³/mol. The monoisotopic (exact) mass is 198 g/mol. The average Bonchev–Trinajstić information content (AvgIpc) is 2.13. The standard InChI is InChI=1S/C9H14N2OS/c10-9-6-8(2-3-11-9)7-13-5-1-4-12/h2-3,6,12H,1,4-5,7H2,(H2,10,11). The molecule has 3 nitrogen and oxygen atoms in total. The van der Waals surface area contributed by atoms with Gasteiger partial charge in [0.15, 0.2) is 0 Å². The Morgan fingerprint density at radius 2 is 2.38 bits per heavy atom. The first-order valence-electron chi connectivity index (χ1n) is 4.22. The number of nitrogen functional groups attached to an aromatic ring is 1. The van der Waals surface area contributed by atoms with Gasteiger partial charge < -0.3 is 10.8 Å². The van der Waals surface area contributed by atoms with Gasteiger partial charge in [-0.1, -0.05) is 0 Å². The Bertz CT molecular complexity index is 255. The summed E-state index contributed by atoms with van der Waals surface area (Å²) in [7, 11) is 0. The van der Waals surface area contributed by atoms with Gasteiger partial charge in [0.05, 0.1) is 0 Å². The van der Waals surface area contributed by atoms with Crippen LogP contribution in [0.1, 0.15) is 12.0 Å². The topological polar surface area (TPSA) is 59.1 Å². The molecule has 3 N–H and O–H groups in total. The van der Waals surface area contributed by atoms with Crippen molar-refractivity contribution in [2.24, 2.45) is 0 Å². The van der Waals surface area contributed by atoms with Crippen molar-refractivity contribution in [1.29, 1.82) is 0 Å². The molecule has 13 heavy (non-hydrogen) atoms. The van der Waals surface area contributed by atoms with Crippen LogP contribution in [0.2, 0.25) is 0 Å². The number of hydrogen-bond donors (Lipinski definition) is 2. The number of aliphatic hydroxyl groups is 1. The van der Waals surface area contributed by atoms with Crippen molar-refractivity contribution in [3.63, 3.8) is 0 Å². The van der Waals surface area contributed by atoms with Gasteiger partial charge in [0.2, 0.25) is 0 Å². The van der Waals surface area contributed by atoms with Crippen molar-refractivity contribution < 1.29 is 5.11 Å². The molecule has 0 fully saturated rings. The van der Waals surface area contributed by atoms with Crippen LogP contribution in [0.4, 0.5) is 5.82 Å². The molecule has 1 heterocycles. The van der Waals surface area contributed by atoms with Crippen LogP contribution in [0.3, 0.4) is 0 Å². The van der Waals surface area contributed by atoms with Gasteiger partial charge in [-0.15, -0.1) is 0 Å². The van der Waals surface area contributed by atoms with E-state index in [-0.39, 0.29) is 6.61 Å². The molecule has 0 aliphatic carbocycles. The third kappa shape index (κ3) is 4.15. The van der Waals surface area contributed by atoms with Gasteiger partial charge in [0.25, 0.3) is 0 Å². The van der Waals surface area contributed by atoms with E-state index in [1.54, 1.807) is 18.0 Å². The summed E-state index contributed by atoms with van der Waals surface area (Å²) in [6.07, 6.45) is 2.57. The van der Waals surface area contributed by atoms with E-state index in [9.17, 15) is 0 Å². The Labute approximate surface area is 82.4 Å². The van der Waals surface area contributed by atoms with Crippen molar-refractivity contribution in [3.8, 4) is 0 Å². The third-order valence-corrected chi connectivity index (χ3v) is 2.68. The lowest BCUT2D eigenvalue weighted by Crippen LogP contribution is -1.92. The maximum absolute atomic E-state index is 8.56. The van der Waals surface area contributed by atoms with Crippen LogP contribution >= 0.6 is 11.8 Å². The van der Waals surface area contributed by atoms with Crippen molar-refractivity contribution >= 4 is 17.6 Å². The molecule has 0 spiro atoms. The second-order valence-electron chi connectivity index (χ2n) is 2.72. The summed E-state index contributed by atoms with van der Waals surface area (Å²) >= 11 is 1.80. The number of pyridine rings is 1. The van der Waals surface area contributed by atoms with Gasteiger partial charge in [0.1, 0.15) is 5.82 Å². The van der Waals surface area contributed by atoms with Crippen LogP contribution in [0.15, 0.2) is 18.3 Å². The summed E-state index contributed by atoms with van der Waals surface area (Å²) in [4.78, 5) is 3.91. The number of rotatable bonds is 5. The van der Waals surface area contributed by atoms with Gasteiger partial charge >= 0.3 is 0 Å². The molecule has 0 atom stereocenters. The quantitative estimate of drug-likeness (QED) is 0.700. The van der Waals surface area contributed by atoms with Gasteiger partial charge in [-0.2, -0.15) is 11.8 Å². The molecular formula is C9H14N2OS.